The molecule has 6 heteroatoms. The van der Waals surface area contributed by atoms with Crippen molar-refractivity contribution in [2.75, 3.05) is 13.1 Å². The summed E-state index contributed by atoms with van der Waals surface area (Å²) in [4.78, 5) is 23.0. The van der Waals surface area contributed by atoms with Crippen molar-refractivity contribution in [1.29, 1.82) is 0 Å². The van der Waals surface area contributed by atoms with E-state index >= 15 is 0 Å². The average molecular weight is 335 g/mol. The van der Waals surface area contributed by atoms with E-state index in [-0.39, 0.29) is 5.91 Å². The van der Waals surface area contributed by atoms with E-state index in [0.29, 0.717) is 6.04 Å². The Kier molecular flexibility index (Phi) is 4.33. The molecule has 0 N–H and O–H groups in total. The summed E-state index contributed by atoms with van der Waals surface area (Å²) in [6.07, 6.45) is 13.2. The SMILES string of the molecule is O=C(c1ccc(Cn2ccnc2)cc1)N1CCC[C@@H](n2ccnc2)C1. The fourth-order valence-electron chi connectivity index (χ4n) is 3.39. The zero-order valence-electron chi connectivity index (χ0n) is 14.0. The zero-order chi connectivity index (χ0) is 17.1. The lowest BCUT2D eigenvalue weighted by atomic mass is 10.0. The first-order chi connectivity index (χ1) is 12.3. The molecule has 1 atom stereocenters. The Balaban J connectivity index is 1.43. The Bertz CT molecular complexity index is 808. The normalized spacial score (nSPS) is 17.6. The first-order valence-corrected chi connectivity index (χ1v) is 8.61. The first-order valence-electron chi connectivity index (χ1n) is 8.61. The van der Waals surface area contributed by atoms with Gasteiger partial charge in [-0.05, 0) is 30.5 Å². The number of rotatable bonds is 4. The number of aromatic nitrogens is 4. The van der Waals surface area contributed by atoms with Gasteiger partial charge in [0, 0.05) is 50.0 Å². The van der Waals surface area contributed by atoms with Gasteiger partial charge in [-0.1, -0.05) is 12.1 Å². The largest absolute Gasteiger partial charge is 0.337 e. The minimum Gasteiger partial charge on any atom is -0.337 e. The predicted molar refractivity (Wildman–Crippen MR) is 94.2 cm³/mol. The Morgan fingerprint density at radius 1 is 1.08 bits per heavy atom. The summed E-state index contributed by atoms with van der Waals surface area (Å²) in [7, 11) is 0. The number of carbonyl (C=O) groups is 1. The number of hydrogen-bond acceptors (Lipinski definition) is 3. The third-order valence-electron chi connectivity index (χ3n) is 4.76. The highest BCUT2D eigenvalue weighted by atomic mass is 16.2. The topological polar surface area (TPSA) is 56.0 Å². The standard InChI is InChI=1S/C19H21N5O/c25-19(23-9-1-2-18(13-23)24-11-8-21-15-24)17-5-3-16(4-6-17)12-22-10-7-20-14-22/h3-8,10-11,14-15,18H,1-2,9,12-13H2/t18-/m1/s1. The van der Waals surface area contributed by atoms with Gasteiger partial charge in [-0.25, -0.2) is 9.97 Å². The van der Waals surface area contributed by atoms with Gasteiger partial charge in [-0.2, -0.15) is 0 Å². The number of hydrogen-bond donors (Lipinski definition) is 0. The van der Waals surface area contributed by atoms with Crippen molar-refractivity contribution in [3.05, 3.63) is 72.8 Å². The zero-order valence-corrected chi connectivity index (χ0v) is 14.0. The fraction of sp³-hybridized carbons (Fsp3) is 0.316. The van der Waals surface area contributed by atoms with E-state index in [1.54, 1.807) is 18.7 Å². The molecule has 2 aromatic heterocycles. The van der Waals surface area contributed by atoms with E-state index in [0.717, 1.165) is 43.6 Å². The molecule has 1 saturated heterocycles. The Hall–Kier alpha value is -2.89. The second-order valence-corrected chi connectivity index (χ2v) is 6.49. The maximum Gasteiger partial charge on any atom is 0.253 e. The highest BCUT2D eigenvalue weighted by Gasteiger charge is 2.25. The van der Waals surface area contributed by atoms with E-state index in [9.17, 15) is 4.79 Å². The molecular formula is C19H21N5O. The van der Waals surface area contributed by atoms with Crippen LogP contribution in [0.4, 0.5) is 0 Å². The maximum atomic E-state index is 12.8. The molecule has 128 valence electrons. The number of likely N-dealkylation sites (tertiary alicyclic amines) is 1. The predicted octanol–water partition coefficient (Wildman–Crippen LogP) is 2.61. The molecule has 0 spiro atoms. The summed E-state index contributed by atoms with van der Waals surface area (Å²) in [6, 6.07) is 8.21. The highest BCUT2D eigenvalue weighted by Crippen LogP contribution is 2.22. The van der Waals surface area contributed by atoms with Gasteiger partial charge in [0.05, 0.1) is 18.7 Å². The quantitative estimate of drug-likeness (QED) is 0.736. The van der Waals surface area contributed by atoms with Gasteiger partial charge in [-0.3, -0.25) is 4.79 Å². The number of piperidine rings is 1. The second kappa shape index (κ2) is 6.93. The first kappa shape index (κ1) is 15.6. The molecule has 0 aliphatic carbocycles. The van der Waals surface area contributed by atoms with Crippen LogP contribution in [0.3, 0.4) is 0 Å². The minimum atomic E-state index is 0.110. The maximum absolute atomic E-state index is 12.8. The van der Waals surface area contributed by atoms with E-state index in [1.165, 1.54) is 0 Å². The highest BCUT2D eigenvalue weighted by molar-refractivity contribution is 5.94. The lowest BCUT2D eigenvalue weighted by Gasteiger charge is -2.33. The van der Waals surface area contributed by atoms with E-state index in [1.807, 2.05) is 52.5 Å². The Morgan fingerprint density at radius 3 is 2.60 bits per heavy atom. The smallest absolute Gasteiger partial charge is 0.253 e. The van der Waals surface area contributed by atoms with Crippen LogP contribution in [0.15, 0.2) is 61.7 Å². The third-order valence-corrected chi connectivity index (χ3v) is 4.76. The fourth-order valence-corrected chi connectivity index (χ4v) is 3.39. The molecule has 1 aliphatic rings. The average Bonchev–Trinajstić information content (AvgIpc) is 3.36. The van der Waals surface area contributed by atoms with Gasteiger partial charge in [-0.15, -0.1) is 0 Å². The minimum absolute atomic E-state index is 0.110. The number of imidazole rings is 2. The molecular weight excluding hydrogens is 314 g/mol. The van der Waals surface area contributed by atoms with Crippen LogP contribution >= 0.6 is 0 Å². The molecule has 1 aliphatic heterocycles. The molecule has 25 heavy (non-hydrogen) atoms. The Morgan fingerprint density at radius 2 is 1.88 bits per heavy atom. The van der Waals surface area contributed by atoms with Gasteiger partial charge in [0.2, 0.25) is 0 Å². The van der Waals surface area contributed by atoms with E-state index in [4.69, 9.17) is 0 Å². The molecule has 1 aromatic carbocycles. The number of benzene rings is 1. The van der Waals surface area contributed by atoms with Crippen LogP contribution in [-0.4, -0.2) is 43.0 Å². The molecule has 0 radical (unpaired) electrons. The number of carbonyl (C=O) groups excluding carboxylic acids is 1. The molecule has 0 bridgehead atoms. The summed E-state index contributed by atoms with van der Waals surface area (Å²) in [5.74, 6) is 0.110. The van der Waals surface area contributed by atoms with Crippen LogP contribution in [-0.2, 0) is 6.54 Å². The van der Waals surface area contributed by atoms with Gasteiger partial charge in [0.15, 0.2) is 0 Å². The van der Waals surface area contributed by atoms with Crippen LogP contribution in [0.2, 0.25) is 0 Å². The van der Waals surface area contributed by atoms with Crippen molar-refractivity contribution < 1.29 is 4.79 Å². The van der Waals surface area contributed by atoms with Crippen molar-refractivity contribution in [2.45, 2.75) is 25.4 Å². The molecule has 3 heterocycles. The monoisotopic (exact) mass is 335 g/mol. The van der Waals surface area contributed by atoms with E-state index < -0.39 is 0 Å². The third kappa shape index (κ3) is 3.47. The van der Waals surface area contributed by atoms with E-state index in [2.05, 4.69) is 14.5 Å². The van der Waals surface area contributed by atoms with Crippen LogP contribution in [0.5, 0.6) is 0 Å². The number of amides is 1. The van der Waals surface area contributed by atoms with Gasteiger partial charge >= 0.3 is 0 Å². The van der Waals surface area contributed by atoms with Crippen molar-refractivity contribution in [1.82, 2.24) is 24.0 Å². The summed E-state index contributed by atoms with van der Waals surface area (Å²) in [6.45, 7) is 2.33. The van der Waals surface area contributed by atoms with Crippen LogP contribution < -0.4 is 0 Å². The van der Waals surface area contributed by atoms with Crippen molar-refractivity contribution in [2.24, 2.45) is 0 Å². The Labute approximate surface area is 146 Å². The van der Waals surface area contributed by atoms with Crippen LogP contribution in [0.1, 0.15) is 34.8 Å². The van der Waals surface area contributed by atoms with Gasteiger partial charge < -0.3 is 14.0 Å². The summed E-state index contributed by atoms with van der Waals surface area (Å²) >= 11 is 0. The molecule has 0 saturated carbocycles. The van der Waals surface area contributed by atoms with Crippen LogP contribution in [0.25, 0.3) is 0 Å². The van der Waals surface area contributed by atoms with Crippen molar-refractivity contribution >= 4 is 5.91 Å². The summed E-state index contributed by atoms with van der Waals surface area (Å²) < 4.78 is 4.12. The van der Waals surface area contributed by atoms with Gasteiger partial charge in [0.1, 0.15) is 0 Å². The number of nitrogens with zero attached hydrogens (tertiary/aromatic N) is 5. The molecule has 1 fully saturated rings. The molecule has 1 amide bonds. The molecule has 6 nitrogen and oxygen atoms in total. The molecule has 0 unspecified atom stereocenters. The lowest BCUT2D eigenvalue weighted by Crippen LogP contribution is -2.40. The summed E-state index contributed by atoms with van der Waals surface area (Å²) in [5.41, 5.74) is 1.91. The summed E-state index contributed by atoms with van der Waals surface area (Å²) in [5, 5.41) is 0. The lowest BCUT2D eigenvalue weighted by molar-refractivity contribution is 0.0679. The second-order valence-electron chi connectivity index (χ2n) is 6.49. The molecule has 3 aromatic rings. The van der Waals surface area contributed by atoms with Gasteiger partial charge in [0.25, 0.3) is 5.91 Å². The molecule has 4 rings (SSSR count). The van der Waals surface area contributed by atoms with Crippen molar-refractivity contribution in [3.63, 3.8) is 0 Å². The van der Waals surface area contributed by atoms with Crippen LogP contribution in [0, 0.1) is 0 Å². The van der Waals surface area contributed by atoms with Crippen molar-refractivity contribution in [3.8, 4) is 0 Å².